The molecule has 0 amide bonds. The highest BCUT2D eigenvalue weighted by molar-refractivity contribution is 7.47. The molecular weight excluding hydrogens is 1070 g/mol. The summed E-state index contributed by atoms with van der Waals surface area (Å²) in [5.74, 6) is -0.824. The molecule has 2 atom stereocenters. The number of phosphoric acid groups is 1. The maximum absolute atomic E-state index is 12.8. The summed E-state index contributed by atoms with van der Waals surface area (Å²) in [6, 6.07) is 0. The van der Waals surface area contributed by atoms with Gasteiger partial charge in [0.1, 0.15) is 6.61 Å². The summed E-state index contributed by atoms with van der Waals surface area (Å²) in [7, 11) is -4.40. The van der Waals surface area contributed by atoms with E-state index < -0.39 is 26.5 Å². The van der Waals surface area contributed by atoms with Gasteiger partial charge in [0.05, 0.1) is 13.2 Å². The molecule has 490 valence electrons. The molecule has 3 N–H and O–H groups in total. The molecule has 10 heteroatoms. The predicted molar refractivity (Wildman–Crippen MR) is 367 cm³/mol. The summed E-state index contributed by atoms with van der Waals surface area (Å²) in [5, 5.41) is 0. The average Bonchev–Trinajstić information content (AvgIpc) is 3.52. The van der Waals surface area contributed by atoms with Crippen molar-refractivity contribution < 1.29 is 37.6 Å². The highest BCUT2D eigenvalue weighted by Crippen LogP contribution is 2.43. The first kappa shape index (κ1) is 81.7. The van der Waals surface area contributed by atoms with Crippen LogP contribution >= 0.6 is 7.82 Å². The van der Waals surface area contributed by atoms with Crippen molar-refractivity contribution in [2.24, 2.45) is 5.73 Å². The van der Waals surface area contributed by atoms with Gasteiger partial charge in [-0.3, -0.25) is 18.6 Å². The fourth-order valence-corrected chi connectivity index (χ4v) is 10.7. The minimum absolute atomic E-state index is 0.0498. The second-order valence-electron chi connectivity index (χ2n) is 23.4. The van der Waals surface area contributed by atoms with Crippen LogP contribution in [0.4, 0.5) is 0 Å². The molecule has 85 heavy (non-hydrogen) atoms. The lowest BCUT2D eigenvalue weighted by atomic mass is 10.0. The molecular formula is C75H132NO8P. The van der Waals surface area contributed by atoms with Gasteiger partial charge in [0.15, 0.2) is 6.10 Å². The van der Waals surface area contributed by atoms with E-state index >= 15 is 0 Å². The first-order valence-electron chi connectivity index (χ1n) is 35.4. The van der Waals surface area contributed by atoms with Gasteiger partial charge < -0.3 is 20.1 Å². The second-order valence-corrected chi connectivity index (χ2v) is 24.8. The van der Waals surface area contributed by atoms with Crippen molar-refractivity contribution in [3.05, 3.63) is 109 Å². The summed E-state index contributed by atoms with van der Waals surface area (Å²) in [6.45, 7) is 3.65. The molecule has 0 aliphatic heterocycles. The summed E-state index contributed by atoms with van der Waals surface area (Å²) in [6.07, 6.45) is 96.1. The van der Waals surface area contributed by atoms with Gasteiger partial charge in [0.25, 0.3) is 0 Å². The second kappa shape index (κ2) is 69.8. The van der Waals surface area contributed by atoms with Crippen molar-refractivity contribution in [1.29, 1.82) is 0 Å². The normalized spacial score (nSPS) is 13.6. The molecule has 0 aliphatic carbocycles. The van der Waals surface area contributed by atoms with Crippen molar-refractivity contribution in [3.63, 3.8) is 0 Å². The van der Waals surface area contributed by atoms with Crippen LogP contribution in [-0.2, 0) is 32.7 Å². The first-order valence-corrected chi connectivity index (χ1v) is 36.9. The van der Waals surface area contributed by atoms with Crippen molar-refractivity contribution in [2.45, 2.75) is 328 Å². The SMILES string of the molecule is CC/C=C\C/C=C\C/C=C\C/C=C\C/C=C\C/C=C\C/C=C\CCCCCCCCCCCCCC(=O)OC(COC(=O)CCCCCCCCCCCCCCCCCCCCC/C=C\C/C=C\CCCCCCC)COP(=O)(O)OCCN. The maximum atomic E-state index is 12.8. The first-order chi connectivity index (χ1) is 41.8. The third-order valence-electron chi connectivity index (χ3n) is 15.1. The summed E-state index contributed by atoms with van der Waals surface area (Å²) in [4.78, 5) is 35.4. The number of phosphoric ester groups is 1. The van der Waals surface area contributed by atoms with Crippen LogP contribution < -0.4 is 5.73 Å². The highest BCUT2D eigenvalue weighted by Gasteiger charge is 2.26. The molecule has 0 bridgehead atoms. The van der Waals surface area contributed by atoms with Crippen molar-refractivity contribution in [2.75, 3.05) is 26.4 Å². The van der Waals surface area contributed by atoms with Crippen LogP contribution in [0.15, 0.2) is 109 Å². The van der Waals surface area contributed by atoms with Gasteiger partial charge in [-0.15, -0.1) is 0 Å². The van der Waals surface area contributed by atoms with Crippen molar-refractivity contribution >= 4 is 19.8 Å². The van der Waals surface area contributed by atoms with Crippen LogP contribution in [0.2, 0.25) is 0 Å². The van der Waals surface area contributed by atoms with Crippen molar-refractivity contribution in [3.8, 4) is 0 Å². The van der Waals surface area contributed by atoms with Gasteiger partial charge in [-0.25, -0.2) is 4.57 Å². The van der Waals surface area contributed by atoms with Gasteiger partial charge in [-0.05, 0) is 103 Å². The van der Waals surface area contributed by atoms with Gasteiger partial charge >= 0.3 is 19.8 Å². The summed E-state index contributed by atoms with van der Waals surface area (Å²) in [5.41, 5.74) is 5.40. The third-order valence-corrected chi connectivity index (χ3v) is 16.1. The largest absolute Gasteiger partial charge is 0.472 e. The Hall–Kier alpha value is -3.33. The van der Waals surface area contributed by atoms with E-state index in [1.165, 1.54) is 193 Å². The van der Waals surface area contributed by atoms with E-state index in [0.29, 0.717) is 6.42 Å². The summed E-state index contributed by atoms with van der Waals surface area (Å²) >= 11 is 0. The Bertz CT molecular complexity index is 1760. The number of esters is 2. The minimum Gasteiger partial charge on any atom is -0.462 e. The molecule has 0 aromatic carbocycles. The van der Waals surface area contributed by atoms with Gasteiger partial charge in [0.2, 0.25) is 0 Å². The van der Waals surface area contributed by atoms with E-state index in [9.17, 15) is 19.0 Å². The molecule has 0 saturated heterocycles. The summed E-state index contributed by atoms with van der Waals surface area (Å²) < 4.78 is 33.2. The fourth-order valence-electron chi connectivity index (χ4n) is 9.94. The van der Waals surface area contributed by atoms with E-state index in [2.05, 4.69) is 123 Å². The van der Waals surface area contributed by atoms with E-state index in [0.717, 1.165) is 96.3 Å². The number of rotatable bonds is 66. The monoisotopic (exact) mass is 1210 g/mol. The Balaban J connectivity index is 3.89. The van der Waals surface area contributed by atoms with Crippen LogP contribution in [0.5, 0.6) is 0 Å². The van der Waals surface area contributed by atoms with Crippen LogP contribution in [0, 0.1) is 0 Å². The molecule has 0 aromatic rings. The van der Waals surface area contributed by atoms with E-state index in [1.807, 2.05) is 0 Å². The lowest BCUT2D eigenvalue weighted by Crippen LogP contribution is -2.29. The average molecular weight is 1210 g/mol. The lowest BCUT2D eigenvalue weighted by Gasteiger charge is -2.19. The number of ether oxygens (including phenoxy) is 2. The van der Waals surface area contributed by atoms with Crippen LogP contribution in [-0.4, -0.2) is 49.3 Å². The number of hydrogen-bond acceptors (Lipinski definition) is 8. The number of carbonyl (C=O) groups is 2. The standard InChI is InChI=1S/C75H132NO8P/c1-3-5-7-9-11-13-15-17-19-21-23-25-27-29-31-33-35-36-38-40-42-44-46-48-50-52-54-56-58-60-62-64-66-68-75(78)84-73(72-83-85(79,80)82-70-69-76)71-81-74(77)67-65-63-61-59-57-55-53-51-49-47-45-43-41-39-37-34-32-30-28-26-24-22-20-18-16-14-12-10-8-6-4-2/h5,7,11,13,16-19,22-25,29,31,35-36,40,42,73H,3-4,6,8-10,12,14-15,20-21,26-28,30,32-34,37-39,41,43-72,76H2,1-2H3,(H,79,80)/b7-5-,13-11-,18-16-,19-17-,24-22-,25-23-,31-29-,36-35-,42-40-. The molecule has 0 radical (unpaired) electrons. The van der Waals surface area contributed by atoms with Crippen LogP contribution in [0.1, 0.15) is 322 Å². The Morgan fingerprint density at radius 3 is 0.965 bits per heavy atom. The minimum atomic E-state index is -4.40. The zero-order chi connectivity index (χ0) is 61.6. The Labute approximate surface area is 524 Å². The number of unbranched alkanes of at least 4 members (excludes halogenated alkanes) is 35. The molecule has 0 aliphatic rings. The Morgan fingerprint density at radius 2 is 0.647 bits per heavy atom. The maximum Gasteiger partial charge on any atom is 0.472 e. The number of carbonyl (C=O) groups excluding carboxylic acids is 2. The molecule has 0 fully saturated rings. The van der Waals surface area contributed by atoms with Gasteiger partial charge in [-0.2, -0.15) is 0 Å². The molecule has 2 unspecified atom stereocenters. The van der Waals surface area contributed by atoms with E-state index in [4.69, 9.17) is 24.3 Å². The fraction of sp³-hybridized carbons (Fsp3) is 0.733. The lowest BCUT2D eigenvalue weighted by molar-refractivity contribution is -0.161. The highest BCUT2D eigenvalue weighted by atomic mass is 31.2. The van der Waals surface area contributed by atoms with Gasteiger partial charge in [0, 0.05) is 19.4 Å². The zero-order valence-electron chi connectivity index (χ0n) is 55.1. The number of allylic oxidation sites excluding steroid dienone is 18. The van der Waals surface area contributed by atoms with Crippen LogP contribution in [0.25, 0.3) is 0 Å². The zero-order valence-corrected chi connectivity index (χ0v) is 56.0. The van der Waals surface area contributed by atoms with Crippen LogP contribution in [0.3, 0.4) is 0 Å². The molecule has 0 heterocycles. The van der Waals surface area contributed by atoms with Crippen molar-refractivity contribution in [1.82, 2.24) is 0 Å². The van der Waals surface area contributed by atoms with E-state index in [1.54, 1.807) is 0 Å². The van der Waals surface area contributed by atoms with E-state index in [-0.39, 0.29) is 38.6 Å². The topological polar surface area (TPSA) is 134 Å². The van der Waals surface area contributed by atoms with Gasteiger partial charge in [-0.1, -0.05) is 316 Å². The molecule has 0 saturated carbocycles. The number of nitrogens with two attached hydrogens (primary N) is 1. The quantitative estimate of drug-likeness (QED) is 0.0264. The number of hydrogen-bond donors (Lipinski definition) is 2. The third kappa shape index (κ3) is 69.6. The predicted octanol–water partition coefficient (Wildman–Crippen LogP) is 23.3. The molecule has 9 nitrogen and oxygen atoms in total. The molecule has 0 rings (SSSR count). The Kier molecular flexibility index (Phi) is 67.0. The Morgan fingerprint density at radius 1 is 0.365 bits per heavy atom. The molecule has 0 spiro atoms. The smallest absolute Gasteiger partial charge is 0.462 e. The molecule has 0 aromatic heterocycles.